The number of hydrogen-bond donors (Lipinski definition) is 0. The molecule has 0 aromatic carbocycles. The molecule has 2 bridgehead atoms. The maximum atomic E-state index is 17.1. The van der Waals surface area contributed by atoms with Crippen molar-refractivity contribution in [2.45, 2.75) is 95.8 Å². The molecule has 0 radical (unpaired) electrons. The Balaban J connectivity index is 1.66. The number of Topliss-reactive ketones (excluding diaryl/α,β-unsaturated/α-hetero) is 1. The number of halogens is 2. The Bertz CT molecular complexity index is 830. The van der Waals surface area contributed by atoms with Crippen molar-refractivity contribution in [3.8, 4) is 0 Å². The molecule has 3 fully saturated rings. The van der Waals surface area contributed by atoms with E-state index in [1.165, 1.54) is 6.08 Å². The zero-order valence-corrected chi connectivity index (χ0v) is 18.3. The molecule has 3 saturated carbocycles. The summed E-state index contributed by atoms with van der Waals surface area (Å²) in [5.74, 6) is -3.37. The molecule has 164 valence electrons. The smallest absolute Gasteiger partial charge is 0.197 e. The minimum atomic E-state index is -2.03. The lowest BCUT2D eigenvalue weighted by Gasteiger charge is -2.60. The van der Waals surface area contributed by atoms with Crippen LogP contribution in [-0.4, -0.2) is 22.9 Å². The molecular weight excluding hydrogens is 382 g/mol. The maximum absolute atomic E-state index is 17.1. The molecule has 0 saturated heterocycles. The van der Waals surface area contributed by atoms with Crippen LogP contribution in [0.4, 0.5) is 8.78 Å². The molecule has 0 spiro atoms. The molecule has 0 heterocycles. The summed E-state index contributed by atoms with van der Waals surface area (Å²) in [6.45, 7) is 3.76. The van der Waals surface area contributed by atoms with Gasteiger partial charge in [-0.25, -0.2) is 8.78 Å². The van der Waals surface area contributed by atoms with Crippen LogP contribution in [0.3, 0.4) is 0 Å². The third-order valence-corrected chi connectivity index (χ3v) is 9.33. The van der Waals surface area contributed by atoms with Crippen LogP contribution in [0, 0.1) is 29.6 Å². The summed E-state index contributed by atoms with van der Waals surface area (Å²) < 4.78 is 34.1. The van der Waals surface area contributed by atoms with Crippen LogP contribution in [-0.2, 0) is 9.59 Å². The summed E-state index contributed by atoms with van der Waals surface area (Å²) in [6.07, 6.45) is 10.5. The Kier molecular flexibility index (Phi) is 4.87. The van der Waals surface area contributed by atoms with Gasteiger partial charge < -0.3 is 0 Å². The number of hydrogen-bond acceptors (Lipinski definition) is 2. The minimum absolute atomic E-state index is 0.329. The lowest BCUT2D eigenvalue weighted by atomic mass is 9.44. The summed E-state index contributed by atoms with van der Waals surface area (Å²) >= 11 is 0. The van der Waals surface area contributed by atoms with Gasteiger partial charge in [0.05, 0.1) is 0 Å². The van der Waals surface area contributed by atoms with E-state index in [2.05, 4.69) is 0 Å². The van der Waals surface area contributed by atoms with Gasteiger partial charge in [-0.15, -0.1) is 0 Å². The quantitative estimate of drug-likeness (QED) is 0.534. The normalized spacial score (nSPS) is 43.1. The standard InChI is InChI=1S/C26H34F2O2/c1-15-13-19-23-21(22(15)24(30)25(19,27)17-9-5-3-6-10-17)16(2)14-20(29)26(23,28)18-11-7-4-8-12-18/h14,17-19,21,23H,3-13H2,1-2H3/t19-,21-,23+,25+,26-/m0/s1. The van der Waals surface area contributed by atoms with Crippen molar-refractivity contribution < 1.29 is 18.4 Å². The van der Waals surface area contributed by atoms with E-state index in [-0.39, 0.29) is 17.6 Å². The summed E-state index contributed by atoms with van der Waals surface area (Å²) in [4.78, 5) is 26.9. The molecule has 0 N–H and O–H groups in total. The lowest BCUT2D eigenvalue weighted by Crippen LogP contribution is -2.68. The fraction of sp³-hybridized carbons (Fsp3) is 0.769. The van der Waals surface area contributed by atoms with Crippen LogP contribution in [0.25, 0.3) is 0 Å². The van der Waals surface area contributed by atoms with Gasteiger partial charge in [-0.3, -0.25) is 9.59 Å². The number of carbonyl (C=O) groups excluding carboxylic acids is 2. The van der Waals surface area contributed by atoms with Gasteiger partial charge in [0, 0.05) is 35.2 Å². The van der Waals surface area contributed by atoms with Crippen molar-refractivity contribution in [1.29, 1.82) is 0 Å². The topological polar surface area (TPSA) is 34.1 Å². The number of ketones is 2. The van der Waals surface area contributed by atoms with Gasteiger partial charge in [-0.2, -0.15) is 0 Å². The van der Waals surface area contributed by atoms with Gasteiger partial charge >= 0.3 is 0 Å². The highest BCUT2D eigenvalue weighted by atomic mass is 19.1. The molecule has 4 heteroatoms. The first-order chi connectivity index (χ1) is 14.3. The first-order valence-electron chi connectivity index (χ1n) is 12.2. The van der Waals surface area contributed by atoms with Crippen molar-refractivity contribution in [3.63, 3.8) is 0 Å². The number of alkyl halides is 2. The Labute approximate surface area is 178 Å². The average molecular weight is 417 g/mol. The van der Waals surface area contributed by atoms with E-state index in [1.807, 2.05) is 13.8 Å². The first kappa shape index (κ1) is 20.6. The second-order valence-corrected chi connectivity index (χ2v) is 10.8. The van der Waals surface area contributed by atoms with Crippen molar-refractivity contribution in [2.75, 3.05) is 0 Å². The van der Waals surface area contributed by atoms with Gasteiger partial charge in [-0.05, 0) is 52.0 Å². The van der Waals surface area contributed by atoms with E-state index in [4.69, 9.17) is 0 Å². The molecule has 0 aromatic rings. The number of carbonyl (C=O) groups is 2. The van der Waals surface area contributed by atoms with Crippen LogP contribution in [0.15, 0.2) is 22.8 Å². The number of rotatable bonds is 2. The summed E-state index contributed by atoms with van der Waals surface area (Å²) in [7, 11) is 0. The predicted octanol–water partition coefficient (Wildman–Crippen LogP) is 6.24. The van der Waals surface area contributed by atoms with E-state index in [1.54, 1.807) is 0 Å². The van der Waals surface area contributed by atoms with Crippen LogP contribution in [0.1, 0.15) is 84.5 Å². The van der Waals surface area contributed by atoms with Crippen LogP contribution in [0.2, 0.25) is 0 Å². The number of allylic oxidation sites excluding steroid dienone is 4. The van der Waals surface area contributed by atoms with E-state index >= 15 is 8.78 Å². The van der Waals surface area contributed by atoms with Gasteiger partial charge in [0.2, 0.25) is 0 Å². The Morgan fingerprint density at radius 1 is 0.833 bits per heavy atom. The molecule has 6 rings (SSSR count). The molecule has 6 aliphatic carbocycles. The van der Waals surface area contributed by atoms with Gasteiger partial charge in [0.1, 0.15) is 0 Å². The molecule has 5 atom stereocenters. The van der Waals surface area contributed by atoms with E-state index in [0.717, 1.165) is 49.7 Å². The Hall–Kier alpha value is -1.32. The molecule has 0 aliphatic heterocycles. The van der Waals surface area contributed by atoms with Gasteiger partial charge in [0.25, 0.3) is 0 Å². The molecular formula is C26H34F2O2. The van der Waals surface area contributed by atoms with E-state index in [0.29, 0.717) is 37.7 Å². The van der Waals surface area contributed by atoms with Crippen molar-refractivity contribution in [1.82, 2.24) is 0 Å². The van der Waals surface area contributed by atoms with Crippen molar-refractivity contribution in [3.05, 3.63) is 22.8 Å². The highest BCUT2D eigenvalue weighted by Crippen LogP contribution is 2.65. The van der Waals surface area contributed by atoms with Gasteiger partial charge in [-0.1, -0.05) is 49.7 Å². The third kappa shape index (κ3) is 2.57. The lowest BCUT2D eigenvalue weighted by molar-refractivity contribution is -0.169. The average Bonchev–Trinajstić information content (AvgIpc) is 2.76. The predicted molar refractivity (Wildman–Crippen MR) is 112 cm³/mol. The largest absolute Gasteiger partial charge is 0.291 e. The summed E-state index contributed by atoms with van der Waals surface area (Å²) in [5, 5.41) is 0. The summed E-state index contributed by atoms with van der Waals surface area (Å²) in [5.41, 5.74) is -1.85. The highest BCUT2D eigenvalue weighted by Gasteiger charge is 2.71. The molecule has 0 amide bonds. The third-order valence-electron chi connectivity index (χ3n) is 9.33. The zero-order valence-electron chi connectivity index (χ0n) is 18.3. The molecule has 2 nitrogen and oxygen atoms in total. The fourth-order valence-electron chi connectivity index (χ4n) is 7.99. The second kappa shape index (κ2) is 7.10. The Morgan fingerprint density at radius 2 is 1.37 bits per heavy atom. The first-order valence-corrected chi connectivity index (χ1v) is 12.2. The zero-order chi connectivity index (χ0) is 21.3. The fourth-order valence-corrected chi connectivity index (χ4v) is 7.99. The second-order valence-electron chi connectivity index (χ2n) is 10.8. The van der Waals surface area contributed by atoms with Crippen LogP contribution < -0.4 is 0 Å². The molecule has 0 aromatic heterocycles. The minimum Gasteiger partial charge on any atom is -0.291 e. The monoisotopic (exact) mass is 416 g/mol. The molecule has 0 unspecified atom stereocenters. The van der Waals surface area contributed by atoms with E-state index < -0.39 is 34.9 Å². The molecule has 6 aliphatic rings. The maximum Gasteiger partial charge on any atom is 0.197 e. The summed E-state index contributed by atoms with van der Waals surface area (Å²) in [6, 6.07) is 0. The van der Waals surface area contributed by atoms with Crippen molar-refractivity contribution >= 4 is 11.6 Å². The SMILES string of the molecule is CC1=CC(=O)[C@@](F)(C2CCCCC2)[C@H]2[C@@H]1C1=C(C)C[C@@H]2[C@](F)(C2CCCCC2)C1=O. The van der Waals surface area contributed by atoms with Gasteiger partial charge in [0.15, 0.2) is 22.9 Å². The van der Waals surface area contributed by atoms with E-state index in [9.17, 15) is 9.59 Å². The Morgan fingerprint density at radius 3 is 1.93 bits per heavy atom. The molecule has 30 heavy (non-hydrogen) atoms. The van der Waals surface area contributed by atoms with Crippen LogP contribution >= 0.6 is 0 Å². The van der Waals surface area contributed by atoms with Crippen molar-refractivity contribution in [2.24, 2.45) is 29.6 Å². The van der Waals surface area contributed by atoms with Crippen LogP contribution in [0.5, 0.6) is 0 Å². The highest BCUT2D eigenvalue weighted by molar-refractivity contribution is 6.08. The number of fused-ring (bicyclic) bond motifs is 2.